The van der Waals surface area contributed by atoms with Crippen molar-refractivity contribution in [2.24, 2.45) is 0 Å². The van der Waals surface area contributed by atoms with Crippen molar-refractivity contribution < 1.29 is 0 Å². The van der Waals surface area contributed by atoms with Gasteiger partial charge in [0.2, 0.25) is 0 Å². The molecule has 0 bridgehead atoms. The molecule has 1 aromatic carbocycles. The molecule has 0 fully saturated rings. The van der Waals surface area contributed by atoms with Gasteiger partial charge in [-0.1, -0.05) is 61.6 Å². The van der Waals surface area contributed by atoms with Gasteiger partial charge in [-0.2, -0.15) is 0 Å². The van der Waals surface area contributed by atoms with Crippen molar-refractivity contribution >= 4 is 8.07 Å². The zero-order valence-corrected chi connectivity index (χ0v) is 12.1. The third kappa shape index (κ3) is 5.91. The number of aryl methyl sites for hydroxylation is 1. The van der Waals surface area contributed by atoms with Crippen LogP contribution in [-0.4, -0.2) is 8.07 Å². The molecule has 0 amide bonds. The summed E-state index contributed by atoms with van der Waals surface area (Å²) in [6, 6.07) is 12.1. The summed E-state index contributed by atoms with van der Waals surface area (Å²) in [5.41, 5.74) is 2.99. The number of benzene rings is 1. The van der Waals surface area contributed by atoms with Gasteiger partial charge in [0.1, 0.15) is 0 Å². The minimum atomic E-state index is -0.905. The van der Waals surface area contributed by atoms with Gasteiger partial charge in [-0.3, -0.25) is 0 Å². The Balaban J connectivity index is 2.38. The highest BCUT2D eigenvalue weighted by molar-refractivity contribution is 6.76. The molecule has 88 valence electrons. The van der Waals surface area contributed by atoms with E-state index in [0.29, 0.717) is 0 Å². The molecule has 0 saturated carbocycles. The molecule has 0 nitrogen and oxygen atoms in total. The van der Waals surface area contributed by atoms with Crippen LogP contribution >= 0.6 is 0 Å². The molecule has 0 atom stereocenters. The summed E-state index contributed by atoms with van der Waals surface area (Å²) in [5, 5.41) is 0. The highest BCUT2D eigenvalue weighted by Crippen LogP contribution is 2.14. The molecule has 0 unspecified atom stereocenters. The van der Waals surface area contributed by atoms with Gasteiger partial charge >= 0.3 is 0 Å². The molecule has 0 radical (unpaired) electrons. The molecule has 0 aliphatic carbocycles. The Hall–Kier alpha value is -0.823. The van der Waals surface area contributed by atoms with Gasteiger partial charge in [0, 0.05) is 8.07 Å². The van der Waals surface area contributed by atoms with Gasteiger partial charge in [0.15, 0.2) is 0 Å². The van der Waals surface area contributed by atoms with Crippen molar-refractivity contribution in [2.75, 3.05) is 0 Å². The first-order valence-corrected chi connectivity index (χ1v) is 9.88. The summed E-state index contributed by atoms with van der Waals surface area (Å²) >= 11 is 0. The summed E-state index contributed by atoms with van der Waals surface area (Å²) in [7, 11) is -0.905. The van der Waals surface area contributed by atoms with Crippen LogP contribution in [0.5, 0.6) is 0 Å². The summed E-state index contributed by atoms with van der Waals surface area (Å²) in [6.07, 6.45) is 4.83. The quantitative estimate of drug-likeness (QED) is 0.500. The van der Waals surface area contributed by atoms with E-state index in [9.17, 15) is 0 Å². The van der Waals surface area contributed by atoms with Gasteiger partial charge < -0.3 is 0 Å². The van der Waals surface area contributed by atoms with Gasteiger partial charge in [-0.15, -0.1) is 0 Å². The van der Waals surface area contributed by atoms with E-state index in [1.165, 1.54) is 24.4 Å². The van der Waals surface area contributed by atoms with Gasteiger partial charge in [-0.25, -0.2) is 0 Å². The van der Waals surface area contributed by atoms with Crippen molar-refractivity contribution in [3.05, 3.63) is 47.5 Å². The minimum Gasteiger partial charge on any atom is -0.0883 e. The van der Waals surface area contributed by atoms with Crippen LogP contribution in [0.3, 0.4) is 0 Å². The predicted octanol–water partition coefficient (Wildman–Crippen LogP) is 4.90. The van der Waals surface area contributed by atoms with Crippen LogP contribution in [0.1, 0.15) is 18.9 Å². The smallest absolute Gasteiger partial charge is 0.0480 e. The molecule has 0 heterocycles. The van der Waals surface area contributed by atoms with Crippen molar-refractivity contribution in [3.8, 4) is 0 Å². The lowest BCUT2D eigenvalue weighted by Gasteiger charge is -2.13. The molecule has 0 aliphatic heterocycles. The first kappa shape index (κ1) is 13.2. The highest BCUT2D eigenvalue weighted by Gasteiger charge is 2.10. The molecule has 0 spiro atoms. The van der Waals surface area contributed by atoms with E-state index in [-0.39, 0.29) is 0 Å². The second kappa shape index (κ2) is 6.05. The van der Waals surface area contributed by atoms with Crippen molar-refractivity contribution in [1.82, 2.24) is 0 Å². The van der Waals surface area contributed by atoms with Crippen LogP contribution in [-0.2, 0) is 6.42 Å². The fourth-order valence-corrected chi connectivity index (χ4v) is 2.53. The Morgan fingerprint density at radius 3 is 2.31 bits per heavy atom. The molecule has 0 aromatic heterocycles. The van der Waals surface area contributed by atoms with Crippen LogP contribution in [0.25, 0.3) is 0 Å². The Morgan fingerprint density at radius 1 is 1.12 bits per heavy atom. The van der Waals surface area contributed by atoms with E-state index < -0.39 is 8.07 Å². The summed E-state index contributed by atoms with van der Waals surface area (Å²) in [4.78, 5) is 0. The molecular weight excluding hydrogens is 208 g/mol. The van der Waals surface area contributed by atoms with Crippen LogP contribution < -0.4 is 0 Å². The predicted molar refractivity (Wildman–Crippen MR) is 76.7 cm³/mol. The molecule has 16 heavy (non-hydrogen) atoms. The summed E-state index contributed by atoms with van der Waals surface area (Å²) in [5.74, 6) is 0. The maximum absolute atomic E-state index is 2.45. The molecule has 1 rings (SSSR count). The van der Waals surface area contributed by atoms with E-state index in [4.69, 9.17) is 0 Å². The highest BCUT2D eigenvalue weighted by atomic mass is 28.3. The fraction of sp³-hybridized carbons (Fsp3) is 0.467. The van der Waals surface area contributed by atoms with Gasteiger partial charge in [0.05, 0.1) is 0 Å². The average molecular weight is 232 g/mol. The van der Waals surface area contributed by atoms with E-state index in [0.717, 1.165) is 0 Å². The molecular formula is C15H24Si. The molecule has 0 N–H and O–H groups in total. The van der Waals surface area contributed by atoms with Crippen molar-refractivity contribution in [3.63, 3.8) is 0 Å². The van der Waals surface area contributed by atoms with E-state index in [2.05, 4.69) is 63.0 Å². The summed E-state index contributed by atoms with van der Waals surface area (Å²) in [6.45, 7) is 9.54. The number of allylic oxidation sites excluding steroid dienone is 2. The number of hydrogen-bond acceptors (Lipinski definition) is 0. The van der Waals surface area contributed by atoms with Crippen LogP contribution in [0, 0.1) is 0 Å². The first-order valence-electron chi connectivity index (χ1n) is 6.17. The Kier molecular flexibility index (Phi) is 5.00. The third-order valence-electron chi connectivity index (χ3n) is 2.71. The SMILES string of the molecule is C/C(=C/C[Si](C)(C)C)CCc1ccccc1. The van der Waals surface area contributed by atoms with Crippen molar-refractivity contribution in [1.29, 1.82) is 0 Å². The van der Waals surface area contributed by atoms with Crippen molar-refractivity contribution in [2.45, 2.75) is 45.5 Å². The monoisotopic (exact) mass is 232 g/mol. The lowest BCUT2D eigenvalue weighted by molar-refractivity contribution is 0.937. The number of hydrogen-bond donors (Lipinski definition) is 0. The Labute approximate surface area is 101 Å². The molecule has 0 saturated heterocycles. The maximum atomic E-state index is 2.45. The largest absolute Gasteiger partial charge is 0.0883 e. The molecule has 0 aliphatic rings. The first-order chi connectivity index (χ1) is 7.47. The minimum absolute atomic E-state index is 0.905. The van der Waals surface area contributed by atoms with E-state index in [1.54, 1.807) is 5.57 Å². The zero-order chi connectivity index (χ0) is 12.0. The number of rotatable bonds is 5. The normalized spacial score (nSPS) is 12.9. The third-order valence-corrected chi connectivity index (χ3v) is 4.14. The van der Waals surface area contributed by atoms with E-state index >= 15 is 0 Å². The average Bonchev–Trinajstić information content (AvgIpc) is 2.24. The Morgan fingerprint density at radius 2 is 1.75 bits per heavy atom. The zero-order valence-electron chi connectivity index (χ0n) is 11.1. The molecule has 1 heteroatoms. The van der Waals surface area contributed by atoms with Crippen LogP contribution in [0.4, 0.5) is 0 Å². The van der Waals surface area contributed by atoms with Crippen LogP contribution in [0.2, 0.25) is 25.7 Å². The van der Waals surface area contributed by atoms with Gasteiger partial charge in [0.25, 0.3) is 0 Å². The molecule has 1 aromatic rings. The maximum Gasteiger partial charge on any atom is 0.0480 e. The standard InChI is InChI=1S/C15H24Si/c1-14(12-13-16(2,3)4)10-11-15-8-6-5-7-9-15/h5-9,12H,10-11,13H2,1-4H3/b14-12-. The fourth-order valence-electron chi connectivity index (χ4n) is 1.57. The summed E-state index contributed by atoms with van der Waals surface area (Å²) < 4.78 is 0. The Bertz CT molecular complexity index is 330. The van der Waals surface area contributed by atoms with E-state index in [1.807, 2.05) is 0 Å². The van der Waals surface area contributed by atoms with Crippen LogP contribution in [0.15, 0.2) is 42.0 Å². The second-order valence-corrected chi connectivity index (χ2v) is 11.3. The lowest BCUT2D eigenvalue weighted by atomic mass is 10.1. The second-order valence-electron chi connectivity index (χ2n) is 5.80. The van der Waals surface area contributed by atoms with Gasteiger partial charge in [-0.05, 0) is 31.4 Å². The lowest BCUT2D eigenvalue weighted by Crippen LogP contribution is -2.17. The topological polar surface area (TPSA) is 0 Å².